The standard InChI is InChI=1S/C14H22N2O/c1-14(2,3)15-9-11-5-4-10-8-12(17)6-7-13(10)16-11/h6-8,11,15-17H,4-5,9H2,1-3H3. The van der Waals surface area contributed by atoms with Gasteiger partial charge in [-0.25, -0.2) is 0 Å². The second kappa shape index (κ2) is 4.57. The molecule has 3 N–H and O–H groups in total. The van der Waals surface area contributed by atoms with Crippen LogP contribution in [0.2, 0.25) is 0 Å². The van der Waals surface area contributed by atoms with E-state index < -0.39 is 0 Å². The molecule has 94 valence electrons. The van der Waals surface area contributed by atoms with Crippen molar-refractivity contribution in [1.29, 1.82) is 0 Å². The number of nitrogens with one attached hydrogen (secondary N) is 2. The first-order chi connectivity index (χ1) is 7.94. The molecule has 1 atom stereocenters. The maximum atomic E-state index is 9.42. The summed E-state index contributed by atoms with van der Waals surface area (Å²) in [6.45, 7) is 7.52. The van der Waals surface area contributed by atoms with Crippen LogP contribution in [0.5, 0.6) is 5.75 Å². The fourth-order valence-electron chi connectivity index (χ4n) is 2.13. The van der Waals surface area contributed by atoms with Crippen molar-refractivity contribution in [2.75, 3.05) is 11.9 Å². The Bertz CT molecular complexity index is 396. The second-order valence-corrected chi connectivity index (χ2v) is 5.85. The van der Waals surface area contributed by atoms with Gasteiger partial charge in [0, 0.05) is 23.8 Å². The Morgan fingerprint density at radius 2 is 2.18 bits per heavy atom. The van der Waals surface area contributed by atoms with E-state index in [4.69, 9.17) is 0 Å². The SMILES string of the molecule is CC(C)(C)NCC1CCc2cc(O)ccc2N1. The molecule has 1 aliphatic rings. The summed E-state index contributed by atoms with van der Waals surface area (Å²) < 4.78 is 0. The van der Waals surface area contributed by atoms with Crippen molar-refractivity contribution in [3.63, 3.8) is 0 Å². The molecule has 0 fully saturated rings. The van der Waals surface area contributed by atoms with E-state index in [-0.39, 0.29) is 5.54 Å². The summed E-state index contributed by atoms with van der Waals surface area (Å²) in [7, 11) is 0. The molecule has 0 aliphatic carbocycles. The van der Waals surface area contributed by atoms with Crippen molar-refractivity contribution >= 4 is 5.69 Å². The predicted octanol–water partition coefficient (Wildman–Crippen LogP) is 2.51. The topological polar surface area (TPSA) is 44.3 Å². The van der Waals surface area contributed by atoms with Gasteiger partial charge >= 0.3 is 0 Å². The first-order valence-electron chi connectivity index (χ1n) is 6.27. The highest BCUT2D eigenvalue weighted by atomic mass is 16.3. The van der Waals surface area contributed by atoms with Gasteiger partial charge < -0.3 is 15.7 Å². The lowest BCUT2D eigenvalue weighted by atomic mass is 9.97. The van der Waals surface area contributed by atoms with Crippen LogP contribution in [0.1, 0.15) is 32.8 Å². The van der Waals surface area contributed by atoms with E-state index in [0.717, 1.165) is 25.1 Å². The van der Waals surface area contributed by atoms with E-state index in [1.165, 1.54) is 5.56 Å². The maximum Gasteiger partial charge on any atom is 0.116 e. The average molecular weight is 234 g/mol. The number of rotatable bonds is 2. The van der Waals surface area contributed by atoms with Gasteiger partial charge in [0.05, 0.1) is 0 Å². The Kier molecular flexibility index (Phi) is 3.29. The number of fused-ring (bicyclic) bond motifs is 1. The van der Waals surface area contributed by atoms with Crippen molar-refractivity contribution in [3.05, 3.63) is 23.8 Å². The van der Waals surface area contributed by atoms with E-state index in [0.29, 0.717) is 11.8 Å². The summed E-state index contributed by atoms with van der Waals surface area (Å²) in [4.78, 5) is 0. The van der Waals surface area contributed by atoms with Crippen LogP contribution in [0, 0.1) is 0 Å². The minimum atomic E-state index is 0.164. The maximum absolute atomic E-state index is 9.42. The zero-order valence-electron chi connectivity index (χ0n) is 10.9. The molecule has 17 heavy (non-hydrogen) atoms. The van der Waals surface area contributed by atoms with Gasteiger partial charge in [0.1, 0.15) is 5.75 Å². The predicted molar refractivity (Wildman–Crippen MR) is 71.6 cm³/mol. The molecule has 2 rings (SSSR count). The fourth-order valence-corrected chi connectivity index (χ4v) is 2.13. The minimum absolute atomic E-state index is 0.164. The summed E-state index contributed by atoms with van der Waals surface area (Å²) in [6.07, 6.45) is 2.15. The number of hydrogen-bond acceptors (Lipinski definition) is 3. The first-order valence-corrected chi connectivity index (χ1v) is 6.27. The summed E-state index contributed by atoms with van der Waals surface area (Å²) in [5.41, 5.74) is 2.54. The lowest BCUT2D eigenvalue weighted by Gasteiger charge is -2.30. The summed E-state index contributed by atoms with van der Waals surface area (Å²) in [5.74, 6) is 0.358. The number of aromatic hydroxyl groups is 1. The van der Waals surface area contributed by atoms with Gasteiger partial charge in [-0.15, -0.1) is 0 Å². The Morgan fingerprint density at radius 3 is 2.88 bits per heavy atom. The number of anilines is 1. The van der Waals surface area contributed by atoms with Gasteiger partial charge in [0.15, 0.2) is 0 Å². The zero-order valence-corrected chi connectivity index (χ0v) is 10.9. The summed E-state index contributed by atoms with van der Waals surface area (Å²) in [5, 5.41) is 16.5. The van der Waals surface area contributed by atoms with E-state index in [1.54, 1.807) is 6.07 Å². The summed E-state index contributed by atoms with van der Waals surface area (Å²) >= 11 is 0. The Balaban J connectivity index is 1.97. The first kappa shape index (κ1) is 12.2. The van der Waals surface area contributed by atoms with Crippen LogP contribution >= 0.6 is 0 Å². The molecule has 1 aromatic carbocycles. The molecule has 1 unspecified atom stereocenters. The number of phenolic OH excluding ortho intramolecular Hbond substituents is 1. The molecule has 3 heteroatoms. The third-order valence-corrected chi connectivity index (χ3v) is 3.09. The van der Waals surface area contributed by atoms with E-state index in [9.17, 15) is 5.11 Å². The summed E-state index contributed by atoms with van der Waals surface area (Å²) in [6, 6.07) is 6.04. The van der Waals surface area contributed by atoms with Gasteiger partial charge in [-0.3, -0.25) is 0 Å². The number of aryl methyl sites for hydroxylation is 1. The van der Waals surface area contributed by atoms with Gasteiger partial charge in [0.2, 0.25) is 0 Å². The molecule has 3 nitrogen and oxygen atoms in total. The third kappa shape index (κ3) is 3.37. The van der Waals surface area contributed by atoms with Crippen LogP contribution in [-0.2, 0) is 6.42 Å². The van der Waals surface area contributed by atoms with Gasteiger partial charge in [0.25, 0.3) is 0 Å². The van der Waals surface area contributed by atoms with E-state index in [1.807, 2.05) is 12.1 Å². The van der Waals surface area contributed by atoms with E-state index >= 15 is 0 Å². The monoisotopic (exact) mass is 234 g/mol. The Morgan fingerprint density at radius 1 is 1.41 bits per heavy atom. The smallest absolute Gasteiger partial charge is 0.116 e. The van der Waals surface area contributed by atoms with E-state index in [2.05, 4.69) is 31.4 Å². The molecule has 0 spiro atoms. The van der Waals surface area contributed by atoms with Crippen LogP contribution in [-0.4, -0.2) is 23.2 Å². The number of phenols is 1. The van der Waals surface area contributed by atoms with Crippen molar-refractivity contribution in [3.8, 4) is 5.75 Å². The van der Waals surface area contributed by atoms with Gasteiger partial charge in [-0.2, -0.15) is 0 Å². The molecule has 0 amide bonds. The Labute approximate surface area is 103 Å². The number of benzene rings is 1. The molecule has 0 aromatic heterocycles. The molecule has 1 heterocycles. The van der Waals surface area contributed by atoms with Crippen molar-refractivity contribution in [2.45, 2.75) is 45.2 Å². The van der Waals surface area contributed by atoms with Crippen LogP contribution in [0.15, 0.2) is 18.2 Å². The molecule has 1 aliphatic heterocycles. The molecule has 1 aromatic rings. The largest absolute Gasteiger partial charge is 0.508 e. The Hall–Kier alpha value is -1.22. The van der Waals surface area contributed by atoms with Crippen LogP contribution in [0.25, 0.3) is 0 Å². The number of hydrogen-bond donors (Lipinski definition) is 3. The highest BCUT2D eigenvalue weighted by Gasteiger charge is 2.19. The molecule has 0 bridgehead atoms. The minimum Gasteiger partial charge on any atom is -0.508 e. The lowest BCUT2D eigenvalue weighted by Crippen LogP contribution is -2.44. The molecule has 0 saturated carbocycles. The third-order valence-electron chi connectivity index (χ3n) is 3.09. The van der Waals surface area contributed by atoms with Crippen molar-refractivity contribution in [1.82, 2.24) is 5.32 Å². The second-order valence-electron chi connectivity index (χ2n) is 5.85. The quantitative estimate of drug-likeness (QED) is 0.689. The lowest BCUT2D eigenvalue weighted by molar-refractivity contribution is 0.404. The zero-order chi connectivity index (χ0) is 12.5. The van der Waals surface area contributed by atoms with Crippen LogP contribution < -0.4 is 10.6 Å². The molecular weight excluding hydrogens is 212 g/mol. The van der Waals surface area contributed by atoms with Crippen LogP contribution in [0.4, 0.5) is 5.69 Å². The highest BCUT2D eigenvalue weighted by Crippen LogP contribution is 2.27. The highest BCUT2D eigenvalue weighted by molar-refractivity contribution is 5.56. The van der Waals surface area contributed by atoms with Crippen molar-refractivity contribution in [2.24, 2.45) is 0 Å². The van der Waals surface area contributed by atoms with Crippen molar-refractivity contribution < 1.29 is 5.11 Å². The molecular formula is C14H22N2O. The molecule has 0 saturated heterocycles. The fraction of sp³-hybridized carbons (Fsp3) is 0.571. The van der Waals surface area contributed by atoms with Gasteiger partial charge in [-0.1, -0.05) is 0 Å². The normalized spacial score (nSPS) is 19.6. The average Bonchev–Trinajstić information content (AvgIpc) is 2.25. The van der Waals surface area contributed by atoms with Gasteiger partial charge in [-0.05, 0) is 57.4 Å². The van der Waals surface area contributed by atoms with Crippen LogP contribution in [0.3, 0.4) is 0 Å². The molecule has 0 radical (unpaired) electrons.